The Morgan fingerprint density at radius 2 is 1.48 bits per heavy atom. The Balaban J connectivity index is 1.64. The van der Waals surface area contributed by atoms with Crippen LogP contribution >= 0.6 is 23.2 Å². The van der Waals surface area contributed by atoms with E-state index in [9.17, 15) is 14.9 Å². The molecule has 10 nitrogen and oxygen atoms in total. The average Bonchev–Trinajstić information content (AvgIpc) is 2.93. The van der Waals surface area contributed by atoms with Crippen molar-refractivity contribution >= 4 is 46.4 Å². The maximum atomic E-state index is 12.2. The number of benzene rings is 1. The lowest BCUT2D eigenvalue weighted by Crippen LogP contribution is -2.34. The first-order chi connectivity index (χ1) is 19.4. The fraction of sp³-hybridized carbons (Fsp3) is 0.607. The number of anilines is 2. The van der Waals surface area contributed by atoms with E-state index in [1.54, 1.807) is 6.07 Å². The van der Waals surface area contributed by atoms with Crippen molar-refractivity contribution in [3.8, 4) is 5.75 Å². The zero-order valence-corrected chi connectivity index (χ0v) is 24.9. The number of hydrogen-bond donors (Lipinski definition) is 3. The van der Waals surface area contributed by atoms with Crippen LogP contribution in [0.4, 0.5) is 17.3 Å². The van der Waals surface area contributed by atoms with Gasteiger partial charge in [0.25, 0.3) is 5.91 Å². The lowest BCUT2D eigenvalue weighted by molar-refractivity contribution is -0.383. The number of halogens is 2. The molecular formula is C28H42Cl2N6O4. The molecule has 1 aromatic heterocycles. The van der Waals surface area contributed by atoms with E-state index >= 15 is 0 Å². The van der Waals surface area contributed by atoms with Crippen LogP contribution in [0.3, 0.4) is 0 Å². The molecule has 40 heavy (non-hydrogen) atoms. The number of carbonyl (C=O) groups is 1. The van der Waals surface area contributed by atoms with Crippen molar-refractivity contribution < 1.29 is 14.5 Å². The maximum Gasteiger partial charge on any atom is 0.354 e. The Kier molecular flexibility index (Phi) is 16.8. The second kappa shape index (κ2) is 20.1. The first-order valence-corrected chi connectivity index (χ1v) is 15.0. The molecule has 0 spiro atoms. The van der Waals surface area contributed by atoms with E-state index in [1.807, 2.05) is 0 Å². The van der Waals surface area contributed by atoms with Gasteiger partial charge in [-0.05, 0) is 24.6 Å². The summed E-state index contributed by atoms with van der Waals surface area (Å²) in [5.41, 5.74) is 4.47. The molecule has 1 aromatic carbocycles. The molecule has 12 heteroatoms. The molecule has 222 valence electrons. The summed E-state index contributed by atoms with van der Waals surface area (Å²) in [6, 6.07) is 4.61. The van der Waals surface area contributed by atoms with Crippen molar-refractivity contribution in [2.45, 2.75) is 96.8 Å². The minimum atomic E-state index is -0.591. The fourth-order valence-electron chi connectivity index (χ4n) is 4.20. The van der Waals surface area contributed by atoms with E-state index in [1.165, 1.54) is 89.1 Å². The fourth-order valence-corrected chi connectivity index (χ4v) is 4.66. The van der Waals surface area contributed by atoms with E-state index in [-0.39, 0.29) is 34.7 Å². The molecule has 2 rings (SSSR count). The highest BCUT2D eigenvalue weighted by Crippen LogP contribution is 2.29. The van der Waals surface area contributed by atoms with Crippen molar-refractivity contribution in [1.29, 1.82) is 0 Å². The molecule has 2 aromatic rings. The molecule has 0 aliphatic carbocycles. The van der Waals surface area contributed by atoms with E-state index in [0.29, 0.717) is 11.6 Å². The van der Waals surface area contributed by atoms with Gasteiger partial charge < -0.3 is 10.1 Å². The molecule has 0 saturated heterocycles. The first-order valence-electron chi connectivity index (χ1n) is 14.3. The number of ether oxygens (including phenoxy) is 1. The topological polar surface area (TPSA) is 131 Å². The van der Waals surface area contributed by atoms with Gasteiger partial charge >= 0.3 is 5.69 Å². The lowest BCUT2D eigenvalue weighted by Gasteiger charge is -2.12. The summed E-state index contributed by atoms with van der Waals surface area (Å²) in [5, 5.41) is 15.4. The number of carbonyl (C=O) groups excluding carboxylic acids is 1. The molecule has 0 unspecified atom stereocenters. The highest BCUT2D eigenvalue weighted by molar-refractivity contribution is 6.35. The number of amides is 1. The molecule has 0 atom stereocenters. The smallest absolute Gasteiger partial charge is 0.354 e. The third-order valence-corrected chi connectivity index (χ3v) is 6.93. The molecule has 0 radical (unpaired) electrons. The molecule has 0 saturated carbocycles. The summed E-state index contributed by atoms with van der Waals surface area (Å²) in [6.07, 6.45) is 18.9. The van der Waals surface area contributed by atoms with E-state index in [0.717, 1.165) is 19.3 Å². The van der Waals surface area contributed by atoms with Crippen LogP contribution < -0.4 is 20.9 Å². The SMILES string of the molecule is CCCCCCCCCCCCCCCCNc1ncnc(NNC(=O)COc2ccc(Cl)cc2Cl)c1[N+](=O)[O-]. The second-order valence-electron chi connectivity index (χ2n) is 9.74. The van der Waals surface area contributed by atoms with Gasteiger partial charge in [0.15, 0.2) is 6.61 Å². The number of nitrogens with zero attached hydrogens (tertiary/aromatic N) is 3. The van der Waals surface area contributed by atoms with Crippen LogP contribution in [-0.2, 0) is 4.79 Å². The summed E-state index contributed by atoms with van der Waals surface area (Å²) in [7, 11) is 0. The van der Waals surface area contributed by atoms with E-state index < -0.39 is 10.8 Å². The zero-order chi connectivity index (χ0) is 29.0. The van der Waals surface area contributed by atoms with Crippen LogP contribution in [0.25, 0.3) is 0 Å². The van der Waals surface area contributed by atoms with Crippen molar-refractivity contribution in [1.82, 2.24) is 15.4 Å². The summed E-state index contributed by atoms with van der Waals surface area (Å²) in [6.45, 7) is 2.43. The minimum Gasteiger partial charge on any atom is -0.482 e. The monoisotopic (exact) mass is 596 g/mol. The van der Waals surface area contributed by atoms with Crippen molar-refractivity contribution in [3.05, 3.63) is 44.7 Å². The predicted octanol–water partition coefficient (Wildman–Crippen LogP) is 8.11. The van der Waals surface area contributed by atoms with Gasteiger partial charge in [0.1, 0.15) is 12.1 Å². The third kappa shape index (κ3) is 13.5. The van der Waals surface area contributed by atoms with Crippen LogP contribution in [0.2, 0.25) is 10.0 Å². The molecule has 1 amide bonds. The lowest BCUT2D eigenvalue weighted by atomic mass is 10.0. The molecular weight excluding hydrogens is 555 g/mol. The van der Waals surface area contributed by atoms with Crippen molar-refractivity contribution in [3.63, 3.8) is 0 Å². The Labute approximate surface area is 247 Å². The normalized spacial score (nSPS) is 10.8. The second-order valence-corrected chi connectivity index (χ2v) is 10.6. The van der Waals surface area contributed by atoms with Gasteiger partial charge in [-0.1, -0.05) is 114 Å². The molecule has 0 fully saturated rings. The maximum absolute atomic E-state index is 12.2. The molecule has 3 N–H and O–H groups in total. The van der Waals surface area contributed by atoms with Crippen molar-refractivity contribution in [2.24, 2.45) is 0 Å². The number of nitro groups is 1. The van der Waals surface area contributed by atoms with Crippen LogP contribution in [0.15, 0.2) is 24.5 Å². The minimum absolute atomic E-state index is 0.0932. The van der Waals surface area contributed by atoms with Gasteiger partial charge in [0.2, 0.25) is 11.6 Å². The summed E-state index contributed by atoms with van der Waals surface area (Å²) in [5.74, 6) is -0.350. The number of rotatable bonds is 22. The quantitative estimate of drug-likeness (QED) is 0.0705. The van der Waals surface area contributed by atoms with Crippen LogP contribution in [0.1, 0.15) is 96.8 Å². The highest BCUT2D eigenvalue weighted by Gasteiger charge is 2.23. The number of hydrazine groups is 1. The van der Waals surface area contributed by atoms with Crippen LogP contribution in [-0.4, -0.2) is 34.0 Å². The number of aromatic nitrogens is 2. The van der Waals surface area contributed by atoms with E-state index in [2.05, 4.69) is 33.1 Å². The van der Waals surface area contributed by atoms with Gasteiger partial charge in [0, 0.05) is 11.6 Å². The van der Waals surface area contributed by atoms with Gasteiger partial charge in [-0.25, -0.2) is 9.97 Å². The van der Waals surface area contributed by atoms with Crippen LogP contribution in [0, 0.1) is 10.1 Å². The summed E-state index contributed by atoms with van der Waals surface area (Å²) >= 11 is 11.9. The Morgan fingerprint density at radius 3 is 2.05 bits per heavy atom. The highest BCUT2D eigenvalue weighted by atomic mass is 35.5. The third-order valence-electron chi connectivity index (χ3n) is 6.40. The van der Waals surface area contributed by atoms with Crippen molar-refractivity contribution in [2.75, 3.05) is 23.9 Å². The zero-order valence-electron chi connectivity index (χ0n) is 23.4. The Morgan fingerprint density at radius 1 is 0.900 bits per heavy atom. The molecule has 0 aliphatic rings. The predicted molar refractivity (Wildman–Crippen MR) is 161 cm³/mol. The molecule has 1 heterocycles. The number of nitrogens with one attached hydrogen (secondary N) is 3. The average molecular weight is 598 g/mol. The van der Waals surface area contributed by atoms with Gasteiger partial charge in [-0.3, -0.25) is 25.8 Å². The number of unbranched alkanes of at least 4 members (excludes halogenated alkanes) is 13. The number of hydrogen-bond acceptors (Lipinski definition) is 8. The Hall–Kier alpha value is -2.85. The first kappa shape index (κ1) is 33.4. The van der Waals surface area contributed by atoms with Gasteiger partial charge in [0.05, 0.1) is 9.95 Å². The van der Waals surface area contributed by atoms with Crippen LogP contribution in [0.5, 0.6) is 5.75 Å². The molecule has 0 bridgehead atoms. The Bertz CT molecular complexity index is 1040. The van der Waals surface area contributed by atoms with E-state index in [4.69, 9.17) is 27.9 Å². The van der Waals surface area contributed by atoms with Gasteiger partial charge in [-0.15, -0.1) is 0 Å². The summed E-state index contributed by atoms with van der Waals surface area (Å²) in [4.78, 5) is 31.2. The standard InChI is InChI=1S/C28H42Cl2N6O4/c1-2-3-4-5-6-7-8-9-10-11-12-13-14-15-18-31-27-26(36(38)39)28(33-21-32-27)35-34-25(37)20-40-24-17-16-22(29)19-23(24)30/h16-17,19,21H,2-15,18,20H2,1H3,(H,34,37)(H2,31,32,33,35). The summed E-state index contributed by atoms with van der Waals surface area (Å²) < 4.78 is 5.36. The van der Waals surface area contributed by atoms with Gasteiger partial charge in [-0.2, -0.15) is 0 Å². The molecule has 0 aliphatic heterocycles. The largest absolute Gasteiger partial charge is 0.482 e.